The fourth-order valence-electron chi connectivity index (χ4n) is 3.57. The van der Waals surface area contributed by atoms with Gasteiger partial charge in [0.2, 0.25) is 12.7 Å². The van der Waals surface area contributed by atoms with E-state index in [1.165, 1.54) is 12.3 Å². The first-order valence-electron chi connectivity index (χ1n) is 9.14. The standard InChI is InChI=1S/C20H22FN3O3/c1-14-12-23(8-9-24(14)19-6-4-16(21)11-22-19)20(25)7-3-15-2-5-17-18(10-15)27-13-26-17/h2,4-6,10-11,14H,3,7-9,12-13H2,1H3. The second-order valence-corrected chi connectivity index (χ2v) is 6.90. The Bertz CT molecular complexity index is 828. The van der Waals surface area contributed by atoms with E-state index in [0.717, 1.165) is 22.9 Å². The van der Waals surface area contributed by atoms with E-state index in [1.807, 2.05) is 23.1 Å². The average molecular weight is 371 g/mol. The molecule has 3 heterocycles. The summed E-state index contributed by atoms with van der Waals surface area (Å²) in [6, 6.07) is 9.03. The molecular weight excluding hydrogens is 349 g/mol. The van der Waals surface area contributed by atoms with Gasteiger partial charge >= 0.3 is 0 Å². The van der Waals surface area contributed by atoms with Crippen molar-refractivity contribution >= 4 is 11.7 Å². The van der Waals surface area contributed by atoms with Crippen molar-refractivity contribution in [3.63, 3.8) is 0 Å². The number of fused-ring (bicyclic) bond motifs is 1. The van der Waals surface area contributed by atoms with Crippen LogP contribution in [0.1, 0.15) is 18.9 Å². The molecule has 4 rings (SSSR count). The Hall–Kier alpha value is -2.83. The Kier molecular flexibility index (Phi) is 4.83. The molecule has 6 nitrogen and oxygen atoms in total. The van der Waals surface area contributed by atoms with Gasteiger partial charge in [0.05, 0.1) is 6.20 Å². The molecule has 1 amide bonds. The van der Waals surface area contributed by atoms with Crippen LogP contribution in [0.25, 0.3) is 0 Å². The minimum atomic E-state index is -0.344. The van der Waals surface area contributed by atoms with Crippen molar-refractivity contribution in [3.05, 3.63) is 47.9 Å². The lowest BCUT2D eigenvalue weighted by Gasteiger charge is -2.40. The third kappa shape index (κ3) is 3.82. The quantitative estimate of drug-likeness (QED) is 0.827. The normalized spacial score (nSPS) is 18.7. The van der Waals surface area contributed by atoms with E-state index in [0.29, 0.717) is 32.5 Å². The van der Waals surface area contributed by atoms with Crippen molar-refractivity contribution in [1.82, 2.24) is 9.88 Å². The minimum absolute atomic E-state index is 0.131. The molecule has 142 valence electrons. The fraction of sp³-hybridized carbons (Fsp3) is 0.400. The lowest BCUT2D eigenvalue weighted by atomic mass is 10.1. The zero-order valence-corrected chi connectivity index (χ0v) is 15.2. The number of nitrogens with zero attached hydrogens (tertiary/aromatic N) is 3. The molecule has 1 aromatic heterocycles. The number of anilines is 1. The Morgan fingerprint density at radius 1 is 1.22 bits per heavy atom. The van der Waals surface area contributed by atoms with Crippen LogP contribution < -0.4 is 14.4 Å². The molecule has 1 atom stereocenters. The maximum Gasteiger partial charge on any atom is 0.231 e. The van der Waals surface area contributed by atoms with Crippen molar-refractivity contribution in [2.24, 2.45) is 0 Å². The highest BCUT2D eigenvalue weighted by molar-refractivity contribution is 5.77. The molecule has 1 aromatic carbocycles. The van der Waals surface area contributed by atoms with E-state index in [9.17, 15) is 9.18 Å². The third-order valence-corrected chi connectivity index (χ3v) is 5.05. The van der Waals surface area contributed by atoms with E-state index >= 15 is 0 Å². The first kappa shape index (κ1) is 17.6. The van der Waals surface area contributed by atoms with Crippen LogP contribution in [0.3, 0.4) is 0 Å². The largest absolute Gasteiger partial charge is 0.454 e. The number of amides is 1. The van der Waals surface area contributed by atoms with Crippen LogP contribution in [-0.4, -0.2) is 48.3 Å². The number of benzene rings is 1. The highest BCUT2D eigenvalue weighted by Gasteiger charge is 2.27. The molecule has 1 saturated heterocycles. The van der Waals surface area contributed by atoms with E-state index in [-0.39, 0.29) is 24.6 Å². The Balaban J connectivity index is 1.32. The van der Waals surface area contributed by atoms with Crippen LogP contribution in [-0.2, 0) is 11.2 Å². The Morgan fingerprint density at radius 2 is 2.07 bits per heavy atom. The summed E-state index contributed by atoms with van der Waals surface area (Å²) in [5.41, 5.74) is 1.06. The number of halogens is 1. The lowest BCUT2D eigenvalue weighted by molar-refractivity contribution is -0.131. The number of ether oxygens (including phenoxy) is 2. The van der Waals surface area contributed by atoms with E-state index in [2.05, 4.69) is 16.8 Å². The predicted octanol–water partition coefficient (Wildman–Crippen LogP) is 2.62. The second-order valence-electron chi connectivity index (χ2n) is 6.90. The second kappa shape index (κ2) is 7.42. The van der Waals surface area contributed by atoms with Crippen LogP contribution in [0.2, 0.25) is 0 Å². The number of hydrogen-bond donors (Lipinski definition) is 0. The molecule has 2 aliphatic rings. The van der Waals surface area contributed by atoms with Gasteiger partial charge in [-0.15, -0.1) is 0 Å². The van der Waals surface area contributed by atoms with Crippen LogP contribution in [0.15, 0.2) is 36.5 Å². The first-order chi connectivity index (χ1) is 13.1. The van der Waals surface area contributed by atoms with Crippen LogP contribution >= 0.6 is 0 Å². The van der Waals surface area contributed by atoms with Gasteiger partial charge < -0.3 is 19.3 Å². The number of aryl methyl sites for hydroxylation is 1. The zero-order chi connectivity index (χ0) is 18.8. The van der Waals surface area contributed by atoms with Gasteiger partial charge in [-0.1, -0.05) is 6.07 Å². The summed E-state index contributed by atoms with van der Waals surface area (Å²) in [6.45, 7) is 4.28. The van der Waals surface area contributed by atoms with E-state index in [4.69, 9.17) is 9.47 Å². The molecule has 0 N–H and O–H groups in total. The van der Waals surface area contributed by atoms with Crippen LogP contribution in [0.5, 0.6) is 11.5 Å². The van der Waals surface area contributed by atoms with E-state index in [1.54, 1.807) is 6.07 Å². The number of pyridine rings is 1. The molecule has 27 heavy (non-hydrogen) atoms. The van der Waals surface area contributed by atoms with Crippen molar-refractivity contribution in [2.75, 3.05) is 31.3 Å². The van der Waals surface area contributed by atoms with Crippen molar-refractivity contribution in [3.8, 4) is 11.5 Å². The van der Waals surface area contributed by atoms with E-state index < -0.39 is 0 Å². The SMILES string of the molecule is CC1CN(C(=O)CCc2ccc3c(c2)OCO3)CCN1c1ccc(F)cn1. The summed E-state index contributed by atoms with van der Waals surface area (Å²) in [4.78, 5) is 20.8. The van der Waals surface area contributed by atoms with Gasteiger partial charge in [-0.2, -0.15) is 0 Å². The summed E-state index contributed by atoms with van der Waals surface area (Å²) in [7, 11) is 0. The number of carbonyl (C=O) groups excluding carboxylic acids is 1. The molecule has 0 bridgehead atoms. The molecule has 2 aliphatic heterocycles. The number of aromatic nitrogens is 1. The van der Waals surface area contributed by atoms with Gasteiger partial charge in [0, 0.05) is 32.1 Å². The van der Waals surface area contributed by atoms with Crippen molar-refractivity contribution in [1.29, 1.82) is 0 Å². The number of carbonyl (C=O) groups is 1. The zero-order valence-electron chi connectivity index (χ0n) is 15.2. The molecule has 0 radical (unpaired) electrons. The smallest absolute Gasteiger partial charge is 0.231 e. The molecule has 0 saturated carbocycles. The maximum atomic E-state index is 13.1. The number of hydrogen-bond acceptors (Lipinski definition) is 5. The van der Waals surface area contributed by atoms with Gasteiger partial charge in [-0.3, -0.25) is 4.79 Å². The molecular formula is C20H22FN3O3. The number of rotatable bonds is 4. The minimum Gasteiger partial charge on any atom is -0.454 e. The third-order valence-electron chi connectivity index (χ3n) is 5.05. The van der Waals surface area contributed by atoms with Crippen molar-refractivity contribution < 1.29 is 18.7 Å². The summed E-state index contributed by atoms with van der Waals surface area (Å²) in [6.07, 6.45) is 2.36. The van der Waals surface area contributed by atoms with Gasteiger partial charge in [0.1, 0.15) is 11.6 Å². The highest BCUT2D eigenvalue weighted by Crippen LogP contribution is 2.32. The lowest BCUT2D eigenvalue weighted by Crippen LogP contribution is -2.54. The fourth-order valence-corrected chi connectivity index (χ4v) is 3.57. The van der Waals surface area contributed by atoms with Gasteiger partial charge in [-0.05, 0) is 43.2 Å². The molecule has 1 unspecified atom stereocenters. The summed E-state index contributed by atoms with van der Waals surface area (Å²) < 4.78 is 23.8. The maximum absolute atomic E-state index is 13.1. The van der Waals surface area contributed by atoms with Crippen molar-refractivity contribution in [2.45, 2.75) is 25.8 Å². The highest BCUT2D eigenvalue weighted by atomic mass is 19.1. The van der Waals surface area contributed by atoms with Crippen LogP contribution in [0.4, 0.5) is 10.2 Å². The Morgan fingerprint density at radius 3 is 2.85 bits per heavy atom. The summed E-state index contributed by atoms with van der Waals surface area (Å²) in [5, 5.41) is 0. The molecule has 0 aliphatic carbocycles. The molecule has 7 heteroatoms. The number of piperazine rings is 1. The predicted molar refractivity (Wildman–Crippen MR) is 98.5 cm³/mol. The molecule has 1 fully saturated rings. The monoisotopic (exact) mass is 371 g/mol. The average Bonchev–Trinajstić information content (AvgIpc) is 3.14. The van der Waals surface area contributed by atoms with Gasteiger partial charge in [0.25, 0.3) is 0 Å². The van der Waals surface area contributed by atoms with Crippen LogP contribution in [0, 0.1) is 5.82 Å². The summed E-state index contributed by atoms with van der Waals surface area (Å²) >= 11 is 0. The molecule has 0 spiro atoms. The summed E-state index contributed by atoms with van der Waals surface area (Å²) in [5.74, 6) is 2.05. The van der Waals surface area contributed by atoms with Gasteiger partial charge in [-0.25, -0.2) is 9.37 Å². The Labute approximate surface area is 157 Å². The first-order valence-corrected chi connectivity index (χ1v) is 9.14. The van der Waals surface area contributed by atoms with Gasteiger partial charge in [0.15, 0.2) is 11.5 Å². The molecule has 2 aromatic rings. The topological polar surface area (TPSA) is 54.9 Å².